The predicted octanol–water partition coefficient (Wildman–Crippen LogP) is 2.51. The molecule has 2 amide bonds. The molecule has 0 bridgehead atoms. The van der Waals surface area contributed by atoms with Crippen LogP contribution in [0.5, 0.6) is 0 Å². The minimum Gasteiger partial charge on any atom is -0.352 e. The Morgan fingerprint density at radius 3 is 2.61 bits per heavy atom. The highest BCUT2D eigenvalue weighted by molar-refractivity contribution is 5.94. The third kappa shape index (κ3) is 3.05. The van der Waals surface area contributed by atoms with Crippen molar-refractivity contribution in [2.75, 3.05) is 27.2 Å². The van der Waals surface area contributed by atoms with Crippen LogP contribution in [0.2, 0.25) is 0 Å². The van der Waals surface area contributed by atoms with Crippen LogP contribution in [-0.4, -0.2) is 53.8 Å². The van der Waals surface area contributed by atoms with Crippen LogP contribution in [0, 0.1) is 5.95 Å². The number of rotatable bonds is 2. The van der Waals surface area contributed by atoms with Crippen molar-refractivity contribution in [3.63, 3.8) is 0 Å². The summed E-state index contributed by atoms with van der Waals surface area (Å²) in [5.41, 5.74) is 1.64. The van der Waals surface area contributed by atoms with Crippen LogP contribution >= 0.6 is 0 Å². The second-order valence-corrected chi connectivity index (χ2v) is 7.47. The Bertz CT molecular complexity index is 923. The molecule has 0 aliphatic carbocycles. The Kier molecular flexibility index (Phi) is 4.63. The number of likely N-dealkylation sites (tertiary alicyclic amines) is 1. The van der Waals surface area contributed by atoms with Crippen molar-refractivity contribution in [1.29, 1.82) is 0 Å². The number of halogens is 1. The lowest BCUT2D eigenvalue weighted by atomic mass is 9.83. The van der Waals surface area contributed by atoms with Crippen LogP contribution in [0.1, 0.15) is 40.4 Å². The van der Waals surface area contributed by atoms with Crippen molar-refractivity contribution >= 4 is 11.8 Å². The van der Waals surface area contributed by atoms with E-state index in [1.165, 1.54) is 17.2 Å². The first-order chi connectivity index (χ1) is 13.4. The van der Waals surface area contributed by atoms with Gasteiger partial charge < -0.3 is 14.5 Å². The van der Waals surface area contributed by atoms with Gasteiger partial charge in [0.15, 0.2) is 6.10 Å². The van der Waals surface area contributed by atoms with E-state index in [1.54, 1.807) is 19.0 Å². The lowest BCUT2D eigenvalue weighted by Crippen LogP contribution is -2.45. The third-order valence-electron chi connectivity index (χ3n) is 5.57. The van der Waals surface area contributed by atoms with Gasteiger partial charge in [-0.3, -0.25) is 9.59 Å². The maximum Gasteiger partial charge on any atom is 0.255 e. The molecule has 1 aromatic heterocycles. The fourth-order valence-electron chi connectivity index (χ4n) is 4.09. The van der Waals surface area contributed by atoms with Gasteiger partial charge in [-0.2, -0.15) is 4.39 Å². The molecule has 2 aliphatic rings. The molecule has 1 aromatic carbocycles. The van der Waals surface area contributed by atoms with Crippen molar-refractivity contribution in [3.05, 3.63) is 65.2 Å². The molecule has 1 fully saturated rings. The highest BCUT2D eigenvalue weighted by Crippen LogP contribution is 2.49. The van der Waals surface area contributed by atoms with Gasteiger partial charge in [-0.05, 0) is 30.0 Å². The first kappa shape index (κ1) is 18.6. The molecule has 6 nitrogen and oxygen atoms in total. The first-order valence-electron chi connectivity index (χ1n) is 9.30. The molecule has 0 saturated carbocycles. The normalized spacial score (nSPS) is 20.1. The van der Waals surface area contributed by atoms with Crippen molar-refractivity contribution in [1.82, 2.24) is 14.8 Å². The molecule has 2 aliphatic heterocycles. The summed E-state index contributed by atoms with van der Waals surface area (Å²) in [6.45, 7) is 0.944. The number of hydrogen-bond acceptors (Lipinski definition) is 4. The van der Waals surface area contributed by atoms with Gasteiger partial charge in [0.05, 0.1) is 5.60 Å². The van der Waals surface area contributed by atoms with E-state index < -0.39 is 17.7 Å². The summed E-state index contributed by atoms with van der Waals surface area (Å²) in [6, 6.07) is 10.5. The van der Waals surface area contributed by atoms with E-state index in [2.05, 4.69) is 4.98 Å². The zero-order valence-electron chi connectivity index (χ0n) is 15.9. The van der Waals surface area contributed by atoms with Crippen molar-refractivity contribution in [2.24, 2.45) is 0 Å². The predicted molar refractivity (Wildman–Crippen MR) is 100.0 cm³/mol. The van der Waals surface area contributed by atoms with E-state index >= 15 is 0 Å². The van der Waals surface area contributed by atoms with E-state index in [0.29, 0.717) is 25.9 Å². The number of piperidine rings is 1. The van der Waals surface area contributed by atoms with Crippen LogP contribution in [0.15, 0.2) is 42.6 Å². The number of ether oxygens (including phenoxy) is 1. The van der Waals surface area contributed by atoms with Crippen molar-refractivity contribution in [2.45, 2.75) is 24.5 Å². The largest absolute Gasteiger partial charge is 0.352 e. The molecule has 146 valence electrons. The highest BCUT2D eigenvalue weighted by atomic mass is 19.1. The fourth-order valence-corrected chi connectivity index (χ4v) is 4.09. The number of hydrogen-bond donors (Lipinski definition) is 0. The van der Waals surface area contributed by atoms with Crippen LogP contribution in [0.3, 0.4) is 0 Å². The summed E-state index contributed by atoms with van der Waals surface area (Å²) in [6.07, 6.45) is 1.84. The first-order valence-corrected chi connectivity index (χ1v) is 9.30. The number of amides is 2. The standard InChI is InChI=1S/C21H22FN3O3/c1-24(2)20(27)18-15-5-3-4-6-16(15)21(28-18)8-11-25(12-9-21)19(26)14-7-10-23-17(22)13-14/h3-7,10,13,18H,8-9,11-12H2,1-2H3/t18-/m0/s1. The number of carbonyl (C=O) groups excluding carboxylic acids is 2. The average molecular weight is 383 g/mol. The molecule has 0 N–H and O–H groups in total. The van der Waals surface area contributed by atoms with E-state index in [-0.39, 0.29) is 17.4 Å². The van der Waals surface area contributed by atoms with Gasteiger partial charge in [-0.25, -0.2) is 4.98 Å². The summed E-state index contributed by atoms with van der Waals surface area (Å²) < 4.78 is 19.7. The highest BCUT2D eigenvalue weighted by Gasteiger charge is 2.49. The molecule has 1 saturated heterocycles. The zero-order chi connectivity index (χ0) is 19.9. The number of aromatic nitrogens is 1. The van der Waals surface area contributed by atoms with Gasteiger partial charge >= 0.3 is 0 Å². The minimum atomic E-state index is -0.669. The molecule has 0 radical (unpaired) electrons. The van der Waals surface area contributed by atoms with Crippen LogP contribution < -0.4 is 0 Å². The second kappa shape index (κ2) is 6.98. The van der Waals surface area contributed by atoms with E-state index in [9.17, 15) is 14.0 Å². The maximum atomic E-state index is 13.3. The molecule has 2 aromatic rings. The average Bonchev–Trinajstić information content (AvgIpc) is 3.02. The third-order valence-corrected chi connectivity index (χ3v) is 5.57. The monoisotopic (exact) mass is 383 g/mol. The van der Waals surface area contributed by atoms with Gasteiger partial charge in [0.2, 0.25) is 5.95 Å². The molecular weight excluding hydrogens is 361 g/mol. The summed E-state index contributed by atoms with van der Waals surface area (Å²) >= 11 is 0. The topological polar surface area (TPSA) is 62.7 Å². The molecule has 1 atom stereocenters. The van der Waals surface area contributed by atoms with Gasteiger partial charge in [0, 0.05) is 45.0 Å². The number of nitrogens with zero attached hydrogens (tertiary/aromatic N) is 3. The molecular formula is C21H22FN3O3. The minimum absolute atomic E-state index is 0.0879. The quantitative estimate of drug-likeness (QED) is 0.748. The maximum absolute atomic E-state index is 13.3. The Hall–Kier alpha value is -2.80. The molecule has 0 unspecified atom stereocenters. The van der Waals surface area contributed by atoms with Crippen LogP contribution in [0.25, 0.3) is 0 Å². The lowest BCUT2D eigenvalue weighted by Gasteiger charge is -2.39. The SMILES string of the molecule is CN(C)C(=O)[C@H]1OC2(CCN(C(=O)c3ccnc(F)c3)CC2)c2ccccc21. The van der Waals surface area contributed by atoms with E-state index in [0.717, 1.165) is 17.2 Å². The van der Waals surface area contributed by atoms with Crippen molar-refractivity contribution < 1.29 is 18.7 Å². The lowest BCUT2D eigenvalue weighted by molar-refractivity contribution is -0.157. The van der Waals surface area contributed by atoms with Gasteiger partial charge in [0.1, 0.15) is 0 Å². The Balaban J connectivity index is 1.55. The second-order valence-electron chi connectivity index (χ2n) is 7.47. The smallest absolute Gasteiger partial charge is 0.255 e. The van der Waals surface area contributed by atoms with Crippen LogP contribution in [-0.2, 0) is 15.1 Å². The molecule has 3 heterocycles. The van der Waals surface area contributed by atoms with Crippen molar-refractivity contribution in [3.8, 4) is 0 Å². The van der Waals surface area contributed by atoms with Gasteiger partial charge in [-0.1, -0.05) is 24.3 Å². The van der Waals surface area contributed by atoms with Gasteiger partial charge in [0.25, 0.3) is 11.8 Å². The Labute approximate surface area is 162 Å². The zero-order valence-corrected chi connectivity index (χ0v) is 15.9. The number of likely N-dealkylation sites (N-methyl/N-ethyl adjacent to an activating group) is 1. The van der Waals surface area contributed by atoms with Crippen LogP contribution in [0.4, 0.5) is 4.39 Å². The Morgan fingerprint density at radius 2 is 1.93 bits per heavy atom. The fraction of sp³-hybridized carbons (Fsp3) is 0.381. The summed E-state index contributed by atoms with van der Waals surface area (Å²) in [5.74, 6) is -0.976. The molecule has 28 heavy (non-hydrogen) atoms. The molecule has 1 spiro atoms. The van der Waals surface area contributed by atoms with E-state index in [1.807, 2.05) is 24.3 Å². The summed E-state index contributed by atoms with van der Waals surface area (Å²) in [5, 5.41) is 0. The number of benzene rings is 1. The van der Waals surface area contributed by atoms with Gasteiger partial charge in [-0.15, -0.1) is 0 Å². The summed E-state index contributed by atoms with van der Waals surface area (Å²) in [7, 11) is 3.43. The Morgan fingerprint density at radius 1 is 1.21 bits per heavy atom. The number of fused-ring (bicyclic) bond motifs is 2. The van der Waals surface area contributed by atoms with E-state index in [4.69, 9.17) is 4.74 Å². The summed E-state index contributed by atoms with van der Waals surface area (Å²) in [4.78, 5) is 32.0. The number of pyridine rings is 1. The molecule has 7 heteroatoms. The number of carbonyl (C=O) groups is 2. The molecule has 4 rings (SSSR count).